The van der Waals surface area contributed by atoms with Gasteiger partial charge in [0.1, 0.15) is 24.0 Å². The fraction of sp³-hybridized carbons (Fsp3) is 0.538. The number of fused-ring (bicyclic) bond motifs is 1. The van der Waals surface area contributed by atoms with Crippen molar-refractivity contribution in [3.05, 3.63) is 18.6 Å². The Morgan fingerprint density at radius 2 is 2.32 bits per heavy atom. The van der Waals surface area contributed by atoms with E-state index >= 15 is 0 Å². The maximum atomic E-state index is 9.66. The van der Waals surface area contributed by atoms with E-state index in [0.29, 0.717) is 11.7 Å². The van der Waals surface area contributed by atoms with Gasteiger partial charge in [-0.1, -0.05) is 6.92 Å². The molecule has 3 heterocycles. The van der Waals surface area contributed by atoms with Crippen LogP contribution in [-0.2, 0) is 4.74 Å². The smallest absolute Gasteiger partial charge is 0.147 e. The fourth-order valence-corrected chi connectivity index (χ4v) is 2.70. The van der Waals surface area contributed by atoms with E-state index in [-0.39, 0.29) is 12.3 Å². The van der Waals surface area contributed by atoms with Crippen LogP contribution in [0.3, 0.4) is 0 Å². The molecule has 0 spiro atoms. The predicted molar refractivity (Wildman–Crippen MR) is 71.3 cm³/mol. The number of anilines is 1. The molecule has 0 aliphatic carbocycles. The molecule has 1 saturated heterocycles. The summed E-state index contributed by atoms with van der Waals surface area (Å²) < 4.78 is 7.91. The average Bonchev–Trinajstić information content (AvgIpc) is 2.93. The molecule has 102 valence electrons. The van der Waals surface area contributed by atoms with Crippen molar-refractivity contribution in [1.82, 2.24) is 14.5 Å². The van der Waals surface area contributed by atoms with Crippen LogP contribution in [0.5, 0.6) is 0 Å². The van der Waals surface area contributed by atoms with Crippen LogP contribution in [0.1, 0.15) is 26.5 Å². The van der Waals surface area contributed by atoms with Crippen LogP contribution in [0.15, 0.2) is 18.6 Å². The minimum absolute atomic E-state index is 0.119. The summed E-state index contributed by atoms with van der Waals surface area (Å²) in [6.07, 6.45) is 3.50. The zero-order valence-corrected chi connectivity index (χ0v) is 11.0. The zero-order chi connectivity index (χ0) is 13.6. The van der Waals surface area contributed by atoms with Gasteiger partial charge < -0.3 is 20.1 Å². The molecule has 3 N–H and O–H groups in total. The Morgan fingerprint density at radius 3 is 3.00 bits per heavy atom. The number of aliphatic hydroxyl groups is 1. The van der Waals surface area contributed by atoms with E-state index in [9.17, 15) is 5.11 Å². The van der Waals surface area contributed by atoms with Crippen molar-refractivity contribution in [3.63, 3.8) is 0 Å². The Bertz CT molecular complexity index is 595. The second-order valence-corrected chi connectivity index (χ2v) is 5.24. The number of nitrogens with zero attached hydrogens (tertiary/aromatic N) is 3. The van der Waals surface area contributed by atoms with E-state index in [0.717, 1.165) is 17.5 Å². The van der Waals surface area contributed by atoms with Gasteiger partial charge in [-0.2, -0.15) is 0 Å². The lowest BCUT2D eigenvalue weighted by Gasteiger charge is -2.19. The molecule has 1 aliphatic rings. The Labute approximate surface area is 111 Å². The lowest BCUT2D eigenvalue weighted by Crippen LogP contribution is -2.22. The highest BCUT2D eigenvalue weighted by molar-refractivity contribution is 5.86. The predicted octanol–water partition coefficient (Wildman–Crippen LogP) is 1.32. The van der Waals surface area contributed by atoms with Crippen molar-refractivity contribution < 1.29 is 9.84 Å². The number of aliphatic hydroxyl groups excluding tert-OH is 1. The van der Waals surface area contributed by atoms with Crippen molar-refractivity contribution in [2.75, 3.05) is 5.73 Å². The first kappa shape index (κ1) is 12.4. The maximum absolute atomic E-state index is 9.66. The third-order valence-corrected chi connectivity index (χ3v) is 3.76. The van der Waals surface area contributed by atoms with E-state index < -0.39 is 6.10 Å². The van der Waals surface area contributed by atoms with Crippen LogP contribution in [0.2, 0.25) is 0 Å². The van der Waals surface area contributed by atoms with E-state index in [1.165, 1.54) is 6.33 Å². The molecule has 2 aromatic heterocycles. The van der Waals surface area contributed by atoms with Crippen molar-refractivity contribution >= 4 is 16.9 Å². The van der Waals surface area contributed by atoms with Crippen molar-refractivity contribution in [3.8, 4) is 0 Å². The van der Waals surface area contributed by atoms with Gasteiger partial charge in [0, 0.05) is 12.1 Å². The summed E-state index contributed by atoms with van der Waals surface area (Å²) in [6, 6.07) is 1.90. The van der Waals surface area contributed by atoms with Gasteiger partial charge in [0.25, 0.3) is 0 Å². The number of nitrogens with two attached hydrogens (primary N) is 1. The molecule has 0 radical (unpaired) electrons. The number of rotatable bonds is 2. The van der Waals surface area contributed by atoms with Gasteiger partial charge in [-0.3, -0.25) is 0 Å². The van der Waals surface area contributed by atoms with E-state index in [4.69, 9.17) is 10.5 Å². The van der Waals surface area contributed by atoms with Crippen LogP contribution in [0.4, 0.5) is 5.82 Å². The summed E-state index contributed by atoms with van der Waals surface area (Å²) in [7, 11) is 0. The van der Waals surface area contributed by atoms with Crippen LogP contribution in [-0.4, -0.2) is 31.8 Å². The van der Waals surface area contributed by atoms with Crippen molar-refractivity contribution in [2.24, 2.45) is 5.92 Å². The largest absolute Gasteiger partial charge is 0.391 e. The monoisotopic (exact) mass is 262 g/mol. The number of hydrogen-bond donors (Lipinski definition) is 2. The standard InChI is InChI=1S/C13H18N4O2/c1-7-5-10(8(2)18)19-13(7)17-4-3-9-11(14)15-6-16-12(9)17/h3-4,6-8,10,13,18H,5H2,1-2H3,(H2,14,15,16)/t7-,8-,10-,13+/m0/s1. The normalized spacial score (nSPS) is 28.9. The van der Waals surface area contributed by atoms with Gasteiger partial charge in [-0.25, -0.2) is 9.97 Å². The van der Waals surface area contributed by atoms with E-state index in [2.05, 4.69) is 16.9 Å². The molecular formula is C13H18N4O2. The van der Waals surface area contributed by atoms with Crippen molar-refractivity contribution in [1.29, 1.82) is 0 Å². The van der Waals surface area contributed by atoms with Gasteiger partial charge in [-0.15, -0.1) is 0 Å². The molecule has 4 atom stereocenters. The number of ether oxygens (including phenoxy) is 1. The summed E-state index contributed by atoms with van der Waals surface area (Å²) in [5.74, 6) is 0.785. The third kappa shape index (κ3) is 1.97. The molecule has 0 unspecified atom stereocenters. The molecule has 0 saturated carbocycles. The van der Waals surface area contributed by atoms with E-state index in [1.807, 2.05) is 16.8 Å². The van der Waals surface area contributed by atoms with Crippen LogP contribution in [0, 0.1) is 5.92 Å². The first-order chi connectivity index (χ1) is 9.08. The summed E-state index contributed by atoms with van der Waals surface area (Å²) in [5.41, 5.74) is 6.61. The topological polar surface area (TPSA) is 86.2 Å². The minimum atomic E-state index is -0.464. The number of nitrogen functional groups attached to an aromatic ring is 1. The van der Waals surface area contributed by atoms with Gasteiger partial charge in [0.2, 0.25) is 0 Å². The second-order valence-electron chi connectivity index (χ2n) is 5.24. The average molecular weight is 262 g/mol. The second kappa shape index (κ2) is 4.47. The molecule has 6 heteroatoms. The highest BCUT2D eigenvalue weighted by Gasteiger charge is 2.36. The summed E-state index contributed by atoms with van der Waals surface area (Å²) in [5, 5.41) is 10.5. The molecule has 6 nitrogen and oxygen atoms in total. The first-order valence-corrected chi connectivity index (χ1v) is 6.48. The summed E-state index contributed by atoms with van der Waals surface area (Å²) in [6.45, 7) is 3.87. The number of aromatic nitrogens is 3. The van der Waals surface area contributed by atoms with Gasteiger partial charge in [0.05, 0.1) is 17.6 Å². The Hall–Kier alpha value is -1.66. The first-order valence-electron chi connectivity index (χ1n) is 6.48. The fourth-order valence-electron chi connectivity index (χ4n) is 2.70. The summed E-state index contributed by atoms with van der Waals surface area (Å²) in [4.78, 5) is 8.26. The van der Waals surface area contributed by atoms with Crippen LogP contribution >= 0.6 is 0 Å². The quantitative estimate of drug-likeness (QED) is 0.852. The lowest BCUT2D eigenvalue weighted by molar-refractivity contribution is -0.0571. The molecule has 0 amide bonds. The highest BCUT2D eigenvalue weighted by atomic mass is 16.5. The molecule has 0 bridgehead atoms. The molecule has 1 fully saturated rings. The minimum Gasteiger partial charge on any atom is -0.391 e. The third-order valence-electron chi connectivity index (χ3n) is 3.76. The van der Waals surface area contributed by atoms with Crippen LogP contribution < -0.4 is 5.73 Å². The van der Waals surface area contributed by atoms with Crippen LogP contribution in [0.25, 0.3) is 11.0 Å². The van der Waals surface area contributed by atoms with Gasteiger partial charge in [-0.05, 0) is 19.4 Å². The molecule has 1 aliphatic heterocycles. The Kier molecular flexibility index (Phi) is 2.91. The molecule has 19 heavy (non-hydrogen) atoms. The Morgan fingerprint density at radius 1 is 1.53 bits per heavy atom. The molecular weight excluding hydrogens is 244 g/mol. The lowest BCUT2D eigenvalue weighted by atomic mass is 10.0. The highest BCUT2D eigenvalue weighted by Crippen LogP contribution is 2.37. The summed E-state index contributed by atoms with van der Waals surface area (Å²) >= 11 is 0. The molecule has 3 rings (SSSR count). The molecule has 2 aromatic rings. The van der Waals surface area contributed by atoms with Gasteiger partial charge in [0.15, 0.2) is 0 Å². The SMILES string of the molecule is C[C@H](O)[C@@H]1C[C@H](C)[C@H](n2ccc3c(N)ncnc32)O1. The molecule has 0 aromatic carbocycles. The van der Waals surface area contributed by atoms with Crippen molar-refractivity contribution in [2.45, 2.75) is 38.7 Å². The maximum Gasteiger partial charge on any atom is 0.147 e. The number of hydrogen-bond acceptors (Lipinski definition) is 5. The van der Waals surface area contributed by atoms with Gasteiger partial charge >= 0.3 is 0 Å². The van der Waals surface area contributed by atoms with E-state index in [1.54, 1.807) is 6.92 Å². The Balaban J connectivity index is 1.99. The zero-order valence-electron chi connectivity index (χ0n) is 11.0.